The molecule has 1 amide bonds. The lowest BCUT2D eigenvalue weighted by atomic mass is 9.76. The molecule has 7 heteroatoms. The second-order valence-electron chi connectivity index (χ2n) is 6.01. The zero-order valence-corrected chi connectivity index (χ0v) is 11.2. The quantitative estimate of drug-likeness (QED) is 0.836. The molecule has 0 aromatic heterocycles. The van der Waals surface area contributed by atoms with Gasteiger partial charge in [-0.2, -0.15) is 13.2 Å². The van der Waals surface area contributed by atoms with Crippen LogP contribution in [0.15, 0.2) is 12.1 Å². The van der Waals surface area contributed by atoms with E-state index in [2.05, 4.69) is 0 Å². The minimum Gasteiger partial charge on any atom is -0.508 e. The molecule has 1 aromatic carbocycles. The van der Waals surface area contributed by atoms with Crippen LogP contribution >= 0.6 is 0 Å². The summed E-state index contributed by atoms with van der Waals surface area (Å²) >= 11 is 0. The molecular weight excluding hydrogens is 287 g/mol. The lowest BCUT2D eigenvalue weighted by Gasteiger charge is -2.45. The Morgan fingerprint density at radius 2 is 1.95 bits per heavy atom. The predicted molar refractivity (Wildman–Crippen MR) is 66.6 cm³/mol. The molecule has 1 saturated carbocycles. The average molecular weight is 301 g/mol. The molecule has 21 heavy (non-hydrogen) atoms. The fourth-order valence-corrected chi connectivity index (χ4v) is 3.14. The number of phenols is 1. The molecule has 3 rings (SSSR count). The second-order valence-corrected chi connectivity index (χ2v) is 6.01. The van der Waals surface area contributed by atoms with Gasteiger partial charge in [0.2, 0.25) is 0 Å². The lowest BCUT2D eigenvalue weighted by molar-refractivity contribution is -0.138. The molecule has 1 aromatic rings. The average Bonchev–Trinajstić information content (AvgIpc) is 2.62. The summed E-state index contributed by atoms with van der Waals surface area (Å²) < 4.78 is 39.0. The van der Waals surface area contributed by atoms with Crippen LogP contribution in [-0.2, 0) is 12.7 Å². The van der Waals surface area contributed by atoms with Gasteiger partial charge >= 0.3 is 6.18 Å². The summed E-state index contributed by atoms with van der Waals surface area (Å²) in [5.74, 6) is -1.09. The molecule has 2 N–H and O–H groups in total. The van der Waals surface area contributed by atoms with E-state index in [-0.39, 0.29) is 23.7 Å². The number of carbonyl (C=O) groups excluding carboxylic acids is 1. The van der Waals surface area contributed by atoms with Gasteiger partial charge in [0, 0.05) is 18.2 Å². The fourth-order valence-electron chi connectivity index (χ4n) is 3.14. The molecule has 0 saturated heterocycles. The highest BCUT2D eigenvalue weighted by molar-refractivity contribution is 5.99. The van der Waals surface area contributed by atoms with Crippen molar-refractivity contribution in [3.63, 3.8) is 0 Å². The molecule has 4 nitrogen and oxygen atoms in total. The number of nitrogens with zero attached hydrogens (tertiary/aromatic N) is 1. The number of aliphatic hydroxyl groups is 1. The number of fused-ring (bicyclic) bond motifs is 1. The van der Waals surface area contributed by atoms with E-state index < -0.39 is 29.0 Å². The Morgan fingerprint density at radius 3 is 2.48 bits per heavy atom. The molecule has 1 aliphatic carbocycles. The van der Waals surface area contributed by atoms with E-state index in [0.29, 0.717) is 18.9 Å². The Labute approximate surface area is 118 Å². The summed E-state index contributed by atoms with van der Waals surface area (Å²) in [6.45, 7) is 1.49. The topological polar surface area (TPSA) is 60.8 Å². The van der Waals surface area contributed by atoms with Gasteiger partial charge in [-0.25, -0.2) is 0 Å². The van der Waals surface area contributed by atoms with E-state index in [9.17, 15) is 28.2 Å². The van der Waals surface area contributed by atoms with Crippen molar-refractivity contribution in [1.29, 1.82) is 0 Å². The summed E-state index contributed by atoms with van der Waals surface area (Å²) in [5.41, 5.74) is -2.04. The Kier molecular flexibility index (Phi) is 2.79. The van der Waals surface area contributed by atoms with Crippen molar-refractivity contribution in [1.82, 2.24) is 4.90 Å². The van der Waals surface area contributed by atoms with Gasteiger partial charge in [0.05, 0.1) is 11.2 Å². The molecule has 1 aliphatic heterocycles. The van der Waals surface area contributed by atoms with Crippen LogP contribution in [0.3, 0.4) is 0 Å². The van der Waals surface area contributed by atoms with Gasteiger partial charge in [0.25, 0.3) is 5.91 Å². The fraction of sp³-hybridized carbons (Fsp3) is 0.500. The van der Waals surface area contributed by atoms with Crippen molar-refractivity contribution in [2.45, 2.75) is 44.1 Å². The van der Waals surface area contributed by atoms with Crippen LogP contribution in [0.25, 0.3) is 0 Å². The normalized spacial score (nSPS) is 28.5. The zero-order valence-electron chi connectivity index (χ0n) is 11.2. The molecule has 0 unspecified atom stereocenters. The summed E-state index contributed by atoms with van der Waals surface area (Å²) in [5, 5.41) is 19.1. The van der Waals surface area contributed by atoms with Gasteiger partial charge in [-0.1, -0.05) is 0 Å². The monoisotopic (exact) mass is 301 g/mol. The number of halogens is 3. The van der Waals surface area contributed by atoms with Crippen molar-refractivity contribution < 1.29 is 28.2 Å². The number of benzene rings is 1. The van der Waals surface area contributed by atoms with Crippen molar-refractivity contribution in [2.75, 3.05) is 0 Å². The van der Waals surface area contributed by atoms with Crippen LogP contribution in [-0.4, -0.2) is 32.7 Å². The van der Waals surface area contributed by atoms with E-state index in [1.807, 2.05) is 0 Å². The second kappa shape index (κ2) is 4.13. The maximum atomic E-state index is 13.0. The van der Waals surface area contributed by atoms with Crippen LogP contribution in [0.5, 0.6) is 5.75 Å². The Bertz CT molecular complexity index is 617. The first-order valence-corrected chi connectivity index (χ1v) is 6.55. The van der Waals surface area contributed by atoms with Gasteiger partial charge in [-0.15, -0.1) is 0 Å². The smallest absolute Gasteiger partial charge is 0.416 e. The highest BCUT2D eigenvalue weighted by Crippen LogP contribution is 2.43. The van der Waals surface area contributed by atoms with Gasteiger partial charge in [0.1, 0.15) is 5.75 Å². The zero-order chi connectivity index (χ0) is 15.6. The number of rotatable bonds is 1. The Balaban J connectivity index is 1.96. The molecule has 0 radical (unpaired) electrons. The molecule has 2 aliphatic rings. The summed E-state index contributed by atoms with van der Waals surface area (Å²) in [6.07, 6.45) is -3.93. The maximum absolute atomic E-state index is 13.0. The number of aromatic hydroxyl groups is 1. The number of phenolic OH excluding ortho intramolecular Hbond substituents is 1. The third kappa shape index (κ3) is 2.25. The third-order valence-electron chi connectivity index (χ3n) is 4.15. The predicted octanol–water partition coefficient (Wildman–Crippen LogP) is 2.28. The lowest BCUT2D eigenvalue weighted by Crippen LogP contribution is -2.53. The highest BCUT2D eigenvalue weighted by atomic mass is 19.4. The number of hydrogen-bond acceptors (Lipinski definition) is 3. The minimum absolute atomic E-state index is 0.100. The first-order valence-electron chi connectivity index (χ1n) is 6.55. The van der Waals surface area contributed by atoms with Crippen molar-refractivity contribution in [2.24, 2.45) is 0 Å². The first-order chi connectivity index (χ1) is 9.58. The van der Waals surface area contributed by atoms with E-state index in [4.69, 9.17) is 0 Å². The van der Waals surface area contributed by atoms with E-state index in [1.54, 1.807) is 6.92 Å². The number of hydrogen-bond donors (Lipinski definition) is 2. The van der Waals surface area contributed by atoms with Gasteiger partial charge in [-0.05, 0) is 37.5 Å². The van der Waals surface area contributed by atoms with E-state index in [1.165, 1.54) is 4.90 Å². The van der Waals surface area contributed by atoms with E-state index >= 15 is 0 Å². The summed E-state index contributed by atoms with van der Waals surface area (Å²) in [4.78, 5) is 13.6. The first kappa shape index (κ1) is 14.2. The minimum atomic E-state index is -4.62. The van der Waals surface area contributed by atoms with Gasteiger partial charge < -0.3 is 15.1 Å². The van der Waals surface area contributed by atoms with Crippen molar-refractivity contribution in [3.8, 4) is 5.75 Å². The van der Waals surface area contributed by atoms with Crippen molar-refractivity contribution >= 4 is 5.91 Å². The van der Waals surface area contributed by atoms with Crippen molar-refractivity contribution in [3.05, 3.63) is 28.8 Å². The molecule has 0 atom stereocenters. The molecule has 114 valence electrons. The van der Waals surface area contributed by atoms with Gasteiger partial charge in [-0.3, -0.25) is 4.79 Å². The number of amides is 1. The largest absolute Gasteiger partial charge is 0.508 e. The standard InChI is InChI=1S/C14H14F3NO3/c1-13(21)4-7(5-13)18-6-10-9(12(18)20)2-8(19)3-11(10)14(15,16)17/h2-3,7,19,21H,4-6H2,1H3. The number of alkyl halides is 3. The van der Waals surface area contributed by atoms with E-state index in [0.717, 1.165) is 6.07 Å². The summed E-state index contributed by atoms with van der Waals surface area (Å²) in [7, 11) is 0. The van der Waals surface area contributed by atoms with Crippen LogP contribution in [0.2, 0.25) is 0 Å². The maximum Gasteiger partial charge on any atom is 0.416 e. The molecular formula is C14H14F3NO3. The highest BCUT2D eigenvalue weighted by Gasteiger charge is 2.47. The SMILES string of the molecule is CC1(O)CC(N2Cc3c(cc(O)cc3C(F)(F)F)C2=O)C1. The van der Waals surface area contributed by atoms with Crippen LogP contribution < -0.4 is 0 Å². The van der Waals surface area contributed by atoms with Gasteiger partial charge in [0.15, 0.2) is 0 Å². The molecule has 1 heterocycles. The Hall–Kier alpha value is -1.76. The summed E-state index contributed by atoms with van der Waals surface area (Å²) in [6, 6.07) is 1.46. The molecule has 1 fully saturated rings. The van der Waals surface area contributed by atoms with Crippen LogP contribution in [0.4, 0.5) is 13.2 Å². The number of carbonyl (C=O) groups is 1. The third-order valence-corrected chi connectivity index (χ3v) is 4.15. The van der Waals surface area contributed by atoms with Crippen LogP contribution in [0.1, 0.15) is 41.3 Å². The Morgan fingerprint density at radius 1 is 1.33 bits per heavy atom. The molecule has 0 bridgehead atoms. The van der Waals surface area contributed by atoms with Crippen LogP contribution in [0, 0.1) is 0 Å². The molecule has 0 spiro atoms.